The predicted octanol–water partition coefficient (Wildman–Crippen LogP) is 2.00. The largest absolute Gasteiger partial charge is 0.497 e. The summed E-state index contributed by atoms with van der Waals surface area (Å²) >= 11 is 0. The van der Waals surface area contributed by atoms with Gasteiger partial charge in [0.05, 0.1) is 31.1 Å². The second kappa shape index (κ2) is 12.0. The van der Waals surface area contributed by atoms with Gasteiger partial charge < -0.3 is 25.4 Å². The summed E-state index contributed by atoms with van der Waals surface area (Å²) in [6.45, 7) is 1.94. The second-order valence-electron chi connectivity index (χ2n) is 8.03. The van der Waals surface area contributed by atoms with Gasteiger partial charge in [-0.25, -0.2) is 0 Å². The molecule has 0 radical (unpaired) electrons. The lowest BCUT2D eigenvalue weighted by Gasteiger charge is -2.22. The van der Waals surface area contributed by atoms with Crippen molar-refractivity contribution in [3.63, 3.8) is 0 Å². The van der Waals surface area contributed by atoms with Crippen molar-refractivity contribution in [3.05, 3.63) is 95.3 Å². The van der Waals surface area contributed by atoms with Crippen LogP contribution in [0.4, 0.5) is 0 Å². The van der Waals surface area contributed by atoms with E-state index in [1.807, 2.05) is 31.2 Å². The van der Waals surface area contributed by atoms with Crippen LogP contribution < -0.4 is 15.4 Å². The first kappa shape index (κ1) is 24.9. The second-order valence-corrected chi connectivity index (χ2v) is 8.03. The van der Waals surface area contributed by atoms with Gasteiger partial charge >= 0.3 is 7.12 Å². The number of pyridine rings is 1. The lowest BCUT2D eigenvalue weighted by atomic mass is 9.75. The highest BCUT2D eigenvalue weighted by atomic mass is 16.5. The lowest BCUT2D eigenvalue weighted by Crippen LogP contribution is -2.48. The summed E-state index contributed by atoms with van der Waals surface area (Å²) in [5.41, 5.74) is 2.93. The molecule has 0 saturated heterocycles. The minimum Gasteiger partial charge on any atom is -0.497 e. The van der Waals surface area contributed by atoms with E-state index in [0.29, 0.717) is 16.9 Å². The number of aryl methyl sites for hydroxylation is 1. The first-order valence-electron chi connectivity index (χ1n) is 10.9. The average Bonchev–Trinajstić information content (AvgIpc) is 2.83. The topological polar surface area (TPSA) is 121 Å². The van der Waals surface area contributed by atoms with Gasteiger partial charge in [0.1, 0.15) is 5.75 Å². The van der Waals surface area contributed by atoms with Crippen LogP contribution in [0.5, 0.6) is 5.75 Å². The summed E-state index contributed by atoms with van der Waals surface area (Å²) in [5.74, 6) is -1.15. The molecule has 3 rings (SSSR count). The number of aromatic nitrogens is 1. The van der Waals surface area contributed by atoms with Crippen molar-refractivity contribution >= 4 is 18.9 Å². The van der Waals surface area contributed by atoms with E-state index >= 15 is 0 Å². The first-order valence-corrected chi connectivity index (χ1v) is 10.9. The molecule has 2 unspecified atom stereocenters. The molecule has 2 amide bonds. The summed E-state index contributed by atoms with van der Waals surface area (Å²) in [4.78, 5) is 29.7. The number of amides is 2. The predicted molar refractivity (Wildman–Crippen MR) is 129 cm³/mol. The Morgan fingerprint density at radius 3 is 2.53 bits per heavy atom. The molecule has 9 heteroatoms. The summed E-state index contributed by atoms with van der Waals surface area (Å²) in [5, 5.41) is 25.3. The SMILES string of the molecule is COc1cccc(C(CC(=O)NC(Cc2cccc(C)c2)B(O)O)NC(=O)c2cccnc2)c1. The molecule has 1 aromatic heterocycles. The zero-order chi connectivity index (χ0) is 24.5. The van der Waals surface area contributed by atoms with Crippen molar-refractivity contribution in [3.8, 4) is 5.75 Å². The number of benzene rings is 2. The quantitative estimate of drug-likeness (QED) is 0.343. The van der Waals surface area contributed by atoms with E-state index in [4.69, 9.17) is 4.74 Å². The Labute approximate surface area is 199 Å². The Bertz CT molecular complexity index is 1110. The highest BCUT2D eigenvalue weighted by Gasteiger charge is 2.27. The molecule has 34 heavy (non-hydrogen) atoms. The van der Waals surface area contributed by atoms with Crippen LogP contribution in [0.2, 0.25) is 0 Å². The van der Waals surface area contributed by atoms with Gasteiger partial charge in [-0.15, -0.1) is 0 Å². The summed E-state index contributed by atoms with van der Waals surface area (Å²) < 4.78 is 5.28. The van der Waals surface area contributed by atoms with Crippen LogP contribution in [-0.4, -0.2) is 47.0 Å². The summed E-state index contributed by atoms with van der Waals surface area (Å²) in [6.07, 6.45) is 3.14. The standard InChI is InChI=1S/C25H28BN3O5/c1-17-6-3-7-18(12-17)13-23(26(32)33)29-24(30)15-22(19-8-4-10-21(14-19)34-2)28-25(31)20-9-5-11-27-16-20/h3-12,14,16,22-23,32-33H,13,15H2,1-2H3,(H,28,31)(H,29,30). The summed E-state index contributed by atoms with van der Waals surface area (Å²) in [6, 6.07) is 17.3. The molecule has 0 aliphatic carbocycles. The molecule has 2 atom stereocenters. The number of hydrogen-bond acceptors (Lipinski definition) is 6. The number of carbonyl (C=O) groups is 2. The van der Waals surface area contributed by atoms with Crippen LogP contribution >= 0.6 is 0 Å². The number of rotatable bonds is 10. The van der Waals surface area contributed by atoms with E-state index in [-0.39, 0.29) is 18.7 Å². The average molecular weight is 461 g/mol. The molecular weight excluding hydrogens is 433 g/mol. The van der Waals surface area contributed by atoms with E-state index in [1.165, 1.54) is 13.3 Å². The van der Waals surface area contributed by atoms with Crippen molar-refractivity contribution in [1.29, 1.82) is 0 Å². The van der Waals surface area contributed by atoms with Crippen LogP contribution in [0.1, 0.15) is 39.5 Å². The fourth-order valence-electron chi connectivity index (χ4n) is 3.62. The number of ether oxygens (including phenoxy) is 1. The van der Waals surface area contributed by atoms with Gasteiger partial charge in [-0.1, -0.05) is 42.0 Å². The lowest BCUT2D eigenvalue weighted by molar-refractivity contribution is -0.122. The van der Waals surface area contributed by atoms with Crippen molar-refractivity contribution < 1.29 is 24.4 Å². The fraction of sp³-hybridized carbons (Fsp3) is 0.240. The normalized spacial score (nSPS) is 12.4. The number of carbonyl (C=O) groups excluding carboxylic acids is 2. The Morgan fingerprint density at radius 2 is 1.85 bits per heavy atom. The van der Waals surface area contributed by atoms with Gasteiger partial charge in [0, 0.05) is 12.4 Å². The van der Waals surface area contributed by atoms with E-state index in [9.17, 15) is 19.6 Å². The smallest absolute Gasteiger partial charge is 0.475 e. The Hall–Kier alpha value is -3.69. The van der Waals surface area contributed by atoms with Crippen LogP contribution in [0.25, 0.3) is 0 Å². The molecule has 176 valence electrons. The Kier molecular flexibility index (Phi) is 8.78. The maximum Gasteiger partial charge on any atom is 0.475 e. The molecule has 2 aromatic carbocycles. The molecule has 1 heterocycles. The van der Waals surface area contributed by atoms with Gasteiger partial charge in [-0.3, -0.25) is 14.6 Å². The maximum absolute atomic E-state index is 12.9. The number of hydrogen-bond donors (Lipinski definition) is 4. The van der Waals surface area contributed by atoms with Gasteiger partial charge in [0.25, 0.3) is 5.91 Å². The number of nitrogens with one attached hydrogen (secondary N) is 2. The zero-order valence-corrected chi connectivity index (χ0v) is 19.1. The molecule has 3 aromatic rings. The zero-order valence-electron chi connectivity index (χ0n) is 19.1. The Balaban J connectivity index is 1.76. The molecule has 0 bridgehead atoms. The minimum absolute atomic E-state index is 0.115. The Morgan fingerprint density at radius 1 is 1.06 bits per heavy atom. The molecule has 8 nitrogen and oxygen atoms in total. The molecule has 0 aliphatic heterocycles. The van der Waals surface area contributed by atoms with E-state index in [1.54, 1.807) is 42.6 Å². The van der Waals surface area contributed by atoms with Crippen molar-refractivity contribution in [2.24, 2.45) is 0 Å². The number of methoxy groups -OCH3 is 1. The van der Waals surface area contributed by atoms with E-state index in [0.717, 1.165) is 11.1 Å². The van der Waals surface area contributed by atoms with Gasteiger partial charge in [-0.2, -0.15) is 0 Å². The fourth-order valence-corrected chi connectivity index (χ4v) is 3.62. The van der Waals surface area contributed by atoms with Gasteiger partial charge in [0.15, 0.2) is 0 Å². The first-order chi connectivity index (χ1) is 16.4. The monoisotopic (exact) mass is 461 g/mol. The van der Waals surface area contributed by atoms with E-state index < -0.39 is 25.0 Å². The molecule has 0 fully saturated rings. The van der Waals surface area contributed by atoms with Crippen molar-refractivity contribution in [2.45, 2.75) is 31.7 Å². The van der Waals surface area contributed by atoms with Crippen molar-refractivity contribution in [2.75, 3.05) is 7.11 Å². The van der Waals surface area contributed by atoms with Crippen LogP contribution in [-0.2, 0) is 11.2 Å². The highest BCUT2D eigenvalue weighted by Crippen LogP contribution is 2.22. The van der Waals surface area contributed by atoms with E-state index in [2.05, 4.69) is 15.6 Å². The third-order valence-corrected chi connectivity index (χ3v) is 5.36. The highest BCUT2D eigenvalue weighted by molar-refractivity contribution is 6.43. The molecule has 0 aliphatic rings. The third kappa shape index (κ3) is 7.16. The molecule has 4 N–H and O–H groups in total. The van der Waals surface area contributed by atoms with Crippen LogP contribution in [0.3, 0.4) is 0 Å². The summed E-state index contributed by atoms with van der Waals surface area (Å²) in [7, 11) is -0.210. The van der Waals surface area contributed by atoms with Crippen molar-refractivity contribution in [1.82, 2.24) is 15.6 Å². The third-order valence-electron chi connectivity index (χ3n) is 5.36. The van der Waals surface area contributed by atoms with Gasteiger partial charge in [0.2, 0.25) is 5.91 Å². The number of nitrogens with zero attached hydrogens (tertiary/aromatic N) is 1. The van der Waals surface area contributed by atoms with Crippen LogP contribution in [0, 0.1) is 6.92 Å². The maximum atomic E-state index is 12.9. The minimum atomic E-state index is -1.75. The molecule has 0 spiro atoms. The van der Waals surface area contributed by atoms with Gasteiger partial charge in [-0.05, 0) is 48.7 Å². The van der Waals surface area contributed by atoms with Crippen LogP contribution in [0.15, 0.2) is 73.1 Å². The molecular formula is C25H28BN3O5. The molecule has 0 saturated carbocycles.